The van der Waals surface area contributed by atoms with Crippen molar-refractivity contribution in [3.05, 3.63) is 0 Å². The molecule has 0 saturated carbocycles. The van der Waals surface area contributed by atoms with Gasteiger partial charge in [-0.15, -0.1) is 0 Å². The lowest BCUT2D eigenvalue weighted by atomic mass is 9.87. The Hall–Kier alpha value is -1.06. The molecule has 0 unspecified atom stereocenters. The van der Waals surface area contributed by atoms with Gasteiger partial charge in [-0.05, 0) is 25.7 Å². The lowest BCUT2D eigenvalue weighted by Crippen LogP contribution is -2.35. The Balaban J connectivity index is 3.86. The molecule has 0 aliphatic carbocycles. The normalized spacial score (nSPS) is 11.9. The van der Waals surface area contributed by atoms with E-state index in [0.717, 1.165) is 13.0 Å². The SMILES string of the molecule is CC(C)(C#N)CNCC(C)(C)CCC#N. The third kappa shape index (κ3) is 6.94. The van der Waals surface area contributed by atoms with Crippen molar-refractivity contribution in [1.82, 2.24) is 5.32 Å². The van der Waals surface area contributed by atoms with E-state index in [0.29, 0.717) is 13.0 Å². The molecule has 1 N–H and O–H groups in total. The highest BCUT2D eigenvalue weighted by Crippen LogP contribution is 2.21. The summed E-state index contributed by atoms with van der Waals surface area (Å²) in [5, 5.41) is 20.6. The molecule has 0 aliphatic heterocycles. The van der Waals surface area contributed by atoms with Gasteiger partial charge in [-0.1, -0.05) is 13.8 Å². The second-order valence-electron chi connectivity index (χ2n) is 5.42. The topological polar surface area (TPSA) is 59.6 Å². The molecule has 0 saturated heterocycles. The van der Waals surface area contributed by atoms with E-state index in [1.54, 1.807) is 0 Å². The summed E-state index contributed by atoms with van der Waals surface area (Å²) in [5.74, 6) is 0. The lowest BCUT2D eigenvalue weighted by Gasteiger charge is -2.26. The van der Waals surface area contributed by atoms with Crippen LogP contribution in [0.3, 0.4) is 0 Å². The standard InChI is InChI=1S/C12H21N3/c1-11(2,6-5-7-13)9-15-10-12(3,4)8-14/h15H,5-6,9-10H2,1-4H3. The summed E-state index contributed by atoms with van der Waals surface area (Å²) in [4.78, 5) is 0. The summed E-state index contributed by atoms with van der Waals surface area (Å²) in [6, 6.07) is 4.42. The van der Waals surface area contributed by atoms with Gasteiger partial charge >= 0.3 is 0 Å². The molecule has 3 nitrogen and oxygen atoms in total. The van der Waals surface area contributed by atoms with Gasteiger partial charge < -0.3 is 5.32 Å². The van der Waals surface area contributed by atoms with Crippen molar-refractivity contribution in [2.45, 2.75) is 40.5 Å². The fourth-order valence-corrected chi connectivity index (χ4v) is 1.24. The number of nitrogens with one attached hydrogen (secondary N) is 1. The summed E-state index contributed by atoms with van der Waals surface area (Å²) >= 11 is 0. The molecular formula is C12H21N3. The van der Waals surface area contributed by atoms with E-state index in [1.165, 1.54) is 0 Å². The second kappa shape index (κ2) is 5.73. The number of nitrogens with zero attached hydrogens (tertiary/aromatic N) is 2. The van der Waals surface area contributed by atoms with Crippen LogP contribution in [-0.2, 0) is 0 Å². The van der Waals surface area contributed by atoms with Crippen molar-refractivity contribution in [3.63, 3.8) is 0 Å². The Bertz CT molecular complexity index is 266. The van der Waals surface area contributed by atoms with Crippen LogP contribution in [-0.4, -0.2) is 13.1 Å². The molecule has 0 rings (SSSR count). The highest BCUT2D eigenvalue weighted by molar-refractivity contribution is 4.93. The summed E-state index contributed by atoms with van der Waals surface area (Å²) in [6.07, 6.45) is 1.49. The lowest BCUT2D eigenvalue weighted by molar-refractivity contribution is 0.300. The minimum atomic E-state index is -0.314. The average Bonchev–Trinajstić information content (AvgIpc) is 2.14. The highest BCUT2D eigenvalue weighted by atomic mass is 14.9. The number of rotatable bonds is 6. The smallest absolute Gasteiger partial charge is 0.0697 e. The third-order valence-corrected chi connectivity index (χ3v) is 2.39. The third-order valence-electron chi connectivity index (χ3n) is 2.39. The van der Waals surface area contributed by atoms with Crippen LogP contribution in [0.2, 0.25) is 0 Å². The zero-order valence-electron chi connectivity index (χ0n) is 10.2. The Morgan fingerprint density at radius 1 is 1.07 bits per heavy atom. The first kappa shape index (κ1) is 13.9. The molecule has 3 heteroatoms. The van der Waals surface area contributed by atoms with Gasteiger partial charge in [0.25, 0.3) is 0 Å². The van der Waals surface area contributed by atoms with Gasteiger partial charge in [-0.2, -0.15) is 10.5 Å². The molecule has 84 valence electrons. The van der Waals surface area contributed by atoms with Crippen LogP contribution in [0.5, 0.6) is 0 Å². The first-order valence-electron chi connectivity index (χ1n) is 5.32. The number of nitriles is 2. The van der Waals surface area contributed by atoms with Gasteiger partial charge in [0.1, 0.15) is 0 Å². The molecule has 0 heterocycles. The van der Waals surface area contributed by atoms with E-state index in [9.17, 15) is 0 Å². The van der Waals surface area contributed by atoms with Gasteiger partial charge in [0, 0.05) is 19.5 Å². The molecule has 15 heavy (non-hydrogen) atoms. The Morgan fingerprint density at radius 2 is 1.67 bits per heavy atom. The minimum absolute atomic E-state index is 0.126. The molecule has 0 amide bonds. The van der Waals surface area contributed by atoms with E-state index in [4.69, 9.17) is 10.5 Å². The van der Waals surface area contributed by atoms with Crippen molar-refractivity contribution in [3.8, 4) is 12.1 Å². The summed E-state index contributed by atoms with van der Waals surface area (Å²) in [5.41, 5.74) is -0.188. The van der Waals surface area contributed by atoms with E-state index in [1.807, 2.05) is 13.8 Å². The van der Waals surface area contributed by atoms with Crippen LogP contribution in [0.25, 0.3) is 0 Å². The molecule has 0 aromatic heterocycles. The van der Waals surface area contributed by atoms with Crippen LogP contribution in [0, 0.1) is 33.5 Å². The predicted octanol–water partition coefficient (Wildman–Crippen LogP) is 2.46. The van der Waals surface area contributed by atoms with Gasteiger partial charge in [0.05, 0.1) is 17.6 Å². The van der Waals surface area contributed by atoms with E-state index in [-0.39, 0.29) is 10.8 Å². The van der Waals surface area contributed by atoms with Crippen molar-refractivity contribution < 1.29 is 0 Å². The monoisotopic (exact) mass is 207 g/mol. The van der Waals surface area contributed by atoms with E-state index in [2.05, 4.69) is 31.3 Å². The number of hydrogen-bond acceptors (Lipinski definition) is 3. The second-order valence-corrected chi connectivity index (χ2v) is 5.42. The van der Waals surface area contributed by atoms with Gasteiger partial charge in [0.15, 0.2) is 0 Å². The fourth-order valence-electron chi connectivity index (χ4n) is 1.24. The fraction of sp³-hybridized carbons (Fsp3) is 0.833. The maximum atomic E-state index is 8.83. The molecule has 0 aromatic rings. The zero-order valence-corrected chi connectivity index (χ0v) is 10.2. The van der Waals surface area contributed by atoms with Crippen LogP contribution in [0.4, 0.5) is 0 Å². The van der Waals surface area contributed by atoms with Gasteiger partial charge in [-0.3, -0.25) is 0 Å². The van der Waals surface area contributed by atoms with Crippen LogP contribution >= 0.6 is 0 Å². The highest BCUT2D eigenvalue weighted by Gasteiger charge is 2.20. The number of hydrogen-bond donors (Lipinski definition) is 1. The van der Waals surface area contributed by atoms with Crippen LogP contribution in [0.1, 0.15) is 40.5 Å². The van der Waals surface area contributed by atoms with Crippen molar-refractivity contribution in [2.24, 2.45) is 10.8 Å². The quantitative estimate of drug-likeness (QED) is 0.727. The Kier molecular flexibility index (Phi) is 5.33. The van der Waals surface area contributed by atoms with Crippen LogP contribution in [0.15, 0.2) is 0 Å². The van der Waals surface area contributed by atoms with Crippen molar-refractivity contribution >= 4 is 0 Å². The maximum absolute atomic E-state index is 8.83. The molecule has 0 radical (unpaired) electrons. The molecule has 0 aliphatic rings. The summed E-state index contributed by atoms with van der Waals surface area (Å²) in [7, 11) is 0. The largest absolute Gasteiger partial charge is 0.315 e. The average molecular weight is 207 g/mol. The predicted molar refractivity (Wildman–Crippen MR) is 60.9 cm³/mol. The van der Waals surface area contributed by atoms with Crippen molar-refractivity contribution in [1.29, 1.82) is 10.5 Å². The summed E-state index contributed by atoms with van der Waals surface area (Å²) in [6.45, 7) is 9.65. The molecular weight excluding hydrogens is 186 g/mol. The first-order chi connectivity index (χ1) is 6.83. The molecule has 0 aromatic carbocycles. The van der Waals surface area contributed by atoms with Gasteiger partial charge in [-0.25, -0.2) is 0 Å². The summed E-state index contributed by atoms with van der Waals surface area (Å²) < 4.78 is 0. The molecule has 0 bridgehead atoms. The molecule has 0 spiro atoms. The van der Waals surface area contributed by atoms with E-state index < -0.39 is 0 Å². The molecule has 0 fully saturated rings. The Morgan fingerprint density at radius 3 is 2.13 bits per heavy atom. The van der Waals surface area contributed by atoms with E-state index >= 15 is 0 Å². The molecule has 0 atom stereocenters. The van der Waals surface area contributed by atoms with Crippen LogP contribution < -0.4 is 5.32 Å². The van der Waals surface area contributed by atoms with Crippen molar-refractivity contribution in [2.75, 3.05) is 13.1 Å². The zero-order chi connectivity index (χ0) is 11.9. The first-order valence-corrected chi connectivity index (χ1v) is 5.32. The Labute approximate surface area is 93.1 Å². The minimum Gasteiger partial charge on any atom is -0.315 e. The van der Waals surface area contributed by atoms with Gasteiger partial charge in [0.2, 0.25) is 0 Å². The maximum Gasteiger partial charge on any atom is 0.0697 e.